The lowest BCUT2D eigenvalue weighted by atomic mass is 9.88. The average molecular weight is 191 g/mol. The van der Waals surface area contributed by atoms with E-state index in [0.717, 1.165) is 11.1 Å². The third-order valence-corrected chi connectivity index (χ3v) is 2.34. The largest absolute Gasteiger partial charge is 0.508 e. The van der Waals surface area contributed by atoms with Gasteiger partial charge in [0.05, 0.1) is 0 Å². The molecule has 0 aliphatic rings. The van der Waals surface area contributed by atoms with Gasteiger partial charge in [-0.3, -0.25) is 0 Å². The van der Waals surface area contributed by atoms with Crippen molar-refractivity contribution in [3.8, 4) is 5.75 Å². The van der Waals surface area contributed by atoms with Crippen molar-refractivity contribution < 1.29 is 5.11 Å². The molecule has 0 aliphatic carbocycles. The molecule has 0 fully saturated rings. The Morgan fingerprint density at radius 3 is 2.79 bits per heavy atom. The van der Waals surface area contributed by atoms with Gasteiger partial charge < -0.3 is 10.8 Å². The number of aryl methyl sites for hydroxylation is 1. The van der Waals surface area contributed by atoms with E-state index < -0.39 is 5.54 Å². The monoisotopic (exact) mass is 191 g/mol. The molecule has 1 atom stereocenters. The molecule has 2 heteroatoms. The molecular weight excluding hydrogens is 174 g/mol. The maximum atomic E-state index is 9.68. The van der Waals surface area contributed by atoms with Gasteiger partial charge in [-0.2, -0.15) is 0 Å². The molecule has 0 bridgehead atoms. The number of phenolic OH excluding ortho intramolecular Hbond substituents is 1. The van der Waals surface area contributed by atoms with Crippen molar-refractivity contribution in [3.05, 3.63) is 42.0 Å². The number of hydrogen-bond acceptors (Lipinski definition) is 2. The van der Waals surface area contributed by atoms with Gasteiger partial charge in [0.2, 0.25) is 0 Å². The predicted octanol–water partition coefficient (Wildman–Crippen LogP) is 2.45. The van der Waals surface area contributed by atoms with Crippen LogP contribution >= 0.6 is 0 Å². The van der Waals surface area contributed by atoms with E-state index in [4.69, 9.17) is 5.73 Å². The summed E-state index contributed by atoms with van der Waals surface area (Å²) in [6, 6.07) is 5.46. The van der Waals surface area contributed by atoms with E-state index in [9.17, 15) is 5.11 Å². The molecule has 0 saturated heterocycles. The smallest absolute Gasteiger partial charge is 0.120 e. The molecule has 14 heavy (non-hydrogen) atoms. The number of nitrogens with two attached hydrogens (primary N) is 1. The SMILES string of the molecule is C=CC[C@](C)(N)c1cc(C)ccc1O. The molecule has 2 nitrogen and oxygen atoms in total. The third kappa shape index (κ3) is 2.15. The maximum Gasteiger partial charge on any atom is 0.120 e. The van der Waals surface area contributed by atoms with E-state index >= 15 is 0 Å². The van der Waals surface area contributed by atoms with Gasteiger partial charge in [-0.15, -0.1) is 6.58 Å². The lowest BCUT2D eigenvalue weighted by Crippen LogP contribution is -2.32. The minimum Gasteiger partial charge on any atom is -0.508 e. The number of aromatic hydroxyl groups is 1. The topological polar surface area (TPSA) is 46.2 Å². The first-order valence-corrected chi connectivity index (χ1v) is 4.67. The van der Waals surface area contributed by atoms with Gasteiger partial charge in [0.25, 0.3) is 0 Å². The Kier molecular flexibility index (Phi) is 2.96. The predicted molar refractivity (Wildman–Crippen MR) is 59.2 cm³/mol. The fraction of sp³-hybridized carbons (Fsp3) is 0.333. The molecule has 0 aliphatic heterocycles. The highest BCUT2D eigenvalue weighted by Crippen LogP contribution is 2.30. The maximum absolute atomic E-state index is 9.68. The number of benzene rings is 1. The van der Waals surface area contributed by atoms with Crippen molar-refractivity contribution in [1.82, 2.24) is 0 Å². The summed E-state index contributed by atoms with van der Waals surface area (Å²) in [6.07, 6.45) is 2.41. The second-order valence-electron chi connectivity index (χ2n) is 3.93. The van der Waals surface area contributed by atoms with E-state index in [1.165, 1.54) is 0 Å². The Morgan fingerprint density at radius 2 is 2.21 bits per heavy atom. The summed E-state index contributed by atoms with van der Waals surface area (Å²) < 4.78 is 0. The van der Waals surface area contributed by atoms with Crippen LogP contribution in [-0.2, 0) is 5.54 Å². The molecule has 0 heterocycles. The molecule has 0 aromatic heterocycles. The van der Waals surface area contributed by atoms with Gasteiger partial charge in [-0.05, 0) is 26.3 Å². The van der Waals surface area contributed by atoms with Crippen molar-refractivity contribution in [2.45, 2.75) is 25.8 Å². The Morgan fingerprint density at radius 1 is 1.57 bits per heavy atom. The molecule has 0 saturated carbocycles. The van der Waals surface area contributed by atoms with Gasteiger partial charge in [0.15, 0.2) is 0 Å². The van der Waals surface area contributed by atoms with E-state index in [0.29, 0.717) is 6.42 Å². The van der Waals surface area contributed by atoms with Crippen LogP contribution in [0.5, 0.6) is 5.75 Å². The molecule has 0 amide bonds. The van der Waals surface area contributed by atoms with Crippen LogP contribution < -0.4 is 5.73 Å². The number of phenols is 1. The number of hydrogen-bond donors (Lipinski definition) is 2. The summed E-state index contributed by atoms with van der Waals surface area (Å²) in [4.78, 5) is 0. The first-order chi connectivity index (χ1) is 6.47. The Balaban J connectivity index is 3.16. The van der Waals surface area contributed by atoms with Crippen molar-refractivity contribution in [2.75, 3.05) is 0 Å². The standard InChI is InChI=1S/C12H17NO/c1-4-7-12(3,13)10-8-9(2)5-6-11(10)14/h4-6,8,14H,1,7,13H2,2-3H3/t12-/m0/s1. The quantitative estimate of drug-likeness (QED) is 0.721. The molecule has 3 N–H and O–H groups in total. The summed E-state index contributed by atoms with van der Waals surface area (Å²) >= 11 is 0. The summed E-state index contributed by atoms with van der Waals surface area (Å²) in [6.45, 7) is 7.53. The number of rotatable bonds is 3. The van der Waals surface area contributed by atoms with Gasteiger partial charge in [0, 0.05) is 11.1 Å². The zero-order valence-corrected chi connectivity index (χ0v) is 8.75. The van der Waals surface area contributed by atoms with Crippen LogP contribution in [0, 0.1) is 6.92 Å². The average Bonchev–Trinajstić information content (AvgIpc) is 2.09. The lowest BCUT2D eigenvalue weighted by molar-refractivity contribution is 0.426. The summed E-state index contributed by atoms with van der Waals surface area (Å²) in [5, 5.41) is 9.68. The molecule has 0 spiro atoms. The zero-order chi connectivity index (χ0) is 10.8. The van der Waals surface area contributed by atoms with E-state index in [2.05, 4.69) is 6.58 Å². The van der Waals surface area contributed by atoms with E-state index in [1.54, 1.807) is 12.1 Å². The van der Waals surface area contributed by atoms with Crippen LogP contribution in [0.25, 0.3) is 0 Å². The summed E-state index contributed by atoms with van der Waals surface area (Å²) in [7, 11) is 0. The first kappa shape index (κ1) is 10.8. The van der Waals surface area contributed by atoms with Gasteiger partial charge >= 0.3 is 0 Å². The third-order valence-electron chi connectivity index (χ3n) is 2.34. The fourth-order valence-corrected chi connectivity index (χ4v) is 1.52. The first-order valence-electron chi connectivity index (χ1n) is 4.67. The molecule has 1 aromatic rings. The normalized spacial score (nSPS) is 14.8. The van der Waals surface area contributed by atoms with Gasteiger partial charge in [0.1, 0.15) is 5.75 Å². The van der Waals surface area contributed by atoms with Gasteiger partial charge in [-0.1, -0.05) is 23.8 Å². The Labute approximate surface area is 85.1 Å². The highest BCUT2D eigenvalue weighted by molar-refractivity contribution is 5.40. The highest BCUT2D eigenvalue weighted by Gasteiger charge is 2.22. The minimum absolute atomic E-state index is 0.252. The van der Waals surface area contributed by atoms with Gasteiger partial charge in [-0.25, -0.2) is 0 Å². The molecular formula is C12H17NO. The van der Waals surface area contributed by atoms with Crippen molar-refractivity contribution in [3.63, 3.8) is 0 Å². The van der Waals surface area contributed by atoms with Crippen LogP contribution in [0.1, 0.15) is 24.5 Å². The van der Waals surface area contributed by atoms with E-state index in [1.807, 2.05) is 26.0 Å². The van der Waals surface area contributed by atoms with Crippen LogP contribution in [-0.4, -0.2) is 5.11 Å². The molecule has 76 valence electrons. The molecule has 1 rings (SSSR count). The van der Waals surface area contributed by atoms with Crippen molar-refractivity contribution >= 4 is 0 Å². The Hall–Kier alpha value is -1.28. The van der Waals surface area contributed by atoms with Crippen molar-refractivity contribution in [1.29, 1.82) is 0 Å². The summed E-state index contributed by atoms with van der Waals surface area (Å²) in [5.41, 5.74) is 7.41. The van der Waals surface area contributed by atoms with Crippen LogP contribution in [0.3, 0.4) is 0 Å². The molecule has 0 unspecified atom stereocenters. The second kappa shape index (κ2) is 3.84. The minimum atomic E-state index is -0.544. The van der Waals surface area contributed by atoms with Crippen LogP contribution in [0.2, 0.25) is 0 Å². The van der Waals surface area contributed by atoms with Crippen LogP contribution in [0.4, 0.5) is 0 Å². The van der Waals surface area contributed by atoms with Crippen LogP contribution in [0.15, 0.2) is 30.9 Å². The zero-order valence-electron chi connectivity index (χ0n) is 8.75. The van der Waals surface area contributed by atoms with E-state index in [-0.39, 0.29) is 5.75 Å². The highest BCUT2D eigenvalue weighted by atomic mass is 16.3. The fourth-order valence-electron chi connectivity index (χ4n) is 1.52. The molecule has 1 aromatic carbocycles. The lowest BCUT2D eigenvalue weighted by Gasteiger charge is -2.24. The summed E-state index contributed by atoms with van der Waals surface area (Å²) in [5.74, 6) is 0.252. The molecule has 0 radical (unpaired) electrons. The second-order valence-corrected chi connectivity index (χ2v) is 3.93. The van der Waals surface area contributed by atoms with Crippen molar-refractivity contribution in [2.24, 2.45) is 5.73 Å². The Bertz CT molecular complexity index is 342.